The average molecular weight is 264 g/mol. The van der Waals surface area contributed by atoms with Gasteiger partial charge in [-0.05, 0) is 38.6 Å². The summed E-state index contributed by atoms with van der Waals surface area (Å²) >= 11 is 4.91. The fourth-order valence-corrected chi connectivity index (χ4v) is 2.53. The summed E-state index contributed by atoms with van der Waals surface area (Å²) in [7, 11) is 4.30. The number of nitrogens with two attached hydrogens (primary N) is 1. The van der Waals surface area contributed by atoms with Gasteiger partial charge >= 0.3 is 0 Å². The number of nitrogens with zero attached hydrogens (tertiary/aromatic N) is 3. The Morgan fingerprint density at radius 1 is 1.56 bits per heavy atom. The number of likely N-dealkylation sites (N-methyl/N-ethyl adjacent to an activating group) is 2. The minimum absolute atomic E-state index is 0.349. The van der Waals surface area contributed by atoms with Crippen LogP contribution in [0.3, 0.4) is 0 Å². The Morgan fingerprint density at radius 3 is 2.89 bits per heavy atom. The van der Waals surface area contributed by atoms with Gasteiger partial charge in [-0.1, -0.05) is 12.2 Å². The first-order valence-corrected chi connectivity index (χ1v) is 6.66. The summed E-state index contributed by atoms with van der Waals surface area (Å²) in [5.41, 5.74) is 7.35. The van der Waals surface area contributed by atoms with E-state index < -0.39 is 0 Å². The zero-order valence-electron chi connectivity index (χ0n) is 11.0. The van der Waals surface area contributed by atoms with E-state index in [2.05, 4.69) is 28.9 Å². The molecule has 98 valence electrons. The predicted octanol–water partition coefficient (Wildman–Crippen LogP) is 1.25. The minimum Gasteiger partial charge on any atom is -0.388 e. The molecule has 5 heteroatoms. The topological polar surface area (TPSA) is 45.4 Å². The molecular weight excluding hydrogens is 244 g/mol. The van der Waals surface area contributed by atoms with Crippen LogP contribution in [-0.2, 0) is 0 Å². The second-order valence-electron chi connectivity index (χ2n) is 4.94. The number of aromatic nitrogens is 1. The van der Waals surface area contributed by atoms with Gasteiger partial charge in [-0.15, -0.1) is 0 Å². The van der Waals surface area contributed by atoms with Crippen molar-refractivity contribution < 1.29 is 0 Å². The van der Waals surface area contributed by atoms with E-state index in [9.17, 15) is 0 Å². The molecule has 0 spiro atoms. The van der Waals surface area contributed by atoms with Gasteiger partial charge in [0.25, 0.3) is 0 Å². The molecule has 1 atom stereocenters. The second-order valence-corrected chi connectivity index (χ2v) is 5.37. The highest BCUT2D eigenvalue weighted by atomic mass is 32.1. The van der Waals surface area contributed by atoms with Crippen LogP contribution < -0.4 is 10.6 Å². The average Bonchev–Trinajstić information content (AvgIpc) is 2.38. The van der Waals surface area contributed by atoms with Gasteiger partial charge in [0.05, 0.1) is 17.6 Å². The van der Waals surface area contributed by atoms with E-state index in [-0.39, 0.29) is 0 Å². The largest absolute Gasteiger partial charge is 0.388 e. The molecule has 0 amide bonds. The lowest BCUT2D eigenvalue weighted by Crippen LogP contribution is -2.45. The summed E-state index contributed by atoms with van der Waals surface area (Å²) < 4.78 is 0. The van der Waals surface area contributed by atoms with Crippen LogP contribution in [0.4, 0.5) is 5.69 Å². The summed E-state index contributed by atoms with van der Waals surface area (Å²) in [6.45, 7) is 2.30. The molecule has 18 heavy (non-hydrogen) atoms. The molecule has 1 fully saturated rings. The zero-order valence-corrected chi connectivity index (χ0v) is 11.8. The second kappa shape index (κ2) is 5.63. The van der Waals surface area contributed by atoms with Crippen molar-refractivity contribution in [2.24, 2.45) is 5.73 Å². The van der Waals surface area contributed by atoms with Crippen molar-refractivity contribution >= 4 is 22.9 Å². The van der Waals surface area contributed by atoms with Gasteiger partial charge in [-0.25, -0.2) is 0 Å². The fraction of sp³-hybridized carbons (Fsp3) is 0.538. The molecular formula is C13H20N4S. The fourth-order valence-electron chi connectivity index (χ4n) is 2.41. The van der Waals surface area contributed by atoms with Gasteiger partial charge in [-0.2, -0.15) is 0 Å². The summed E-state index contributed by atoms with van der Waals surface area (Å²) in [6, 6.07) is 4.48. The van der Waals surface area contributed by atoms with E-state index in [4.69, 9.17) is 18.0 Å². The molecule has 1 aliphatic heterocycles. The molecule has 0 radical (unpaired) electrons. The van der Waals surface area contributed by atoms with E-state index >= 15 is 0 Å². The number of hydrogen-bond donors (Lipinski definition) is 1. The SMILES string of the molecule is CN1CCCC(N(C)c2ccc(C(N)=S)nc2)C1. The maximum atomic E-state index is 5.55. The van der Waals surface area contributed by atoms with E-state index in [0.29, 0.717) is 16.7 Å². The third-order valence-electron chi connectivity index (χ3n) is 3.55. The number of anilines is 1. The van der Waals surface area contributed by atoms with Gasteiger partial charge < -0.3 is 15.5 Å². The minimum atomic E-state index is 0.349. The molecule has 1 aliphatic rings. The van der Waals surface area contributed by atoms with Gasteiger partial charge in [-0.3, -0.25) is 4.98 Å². The molecule has 2 rings (SSSR count). The Labute approximate surface area is 114 Å². The molecule has 2 heterocycles. The Hall–Kier alpha value is -1.20. The number of rotatable bonds is 3. The Bertz CT molecular complexity index is 418. The Kier molecular flexibility index (Phi) is 4.14. The summed E-state index contributed by atoms with van der Waals surface area (Å²) in [4.78, 5) is 9.31. The van der Waals surface area contributed by atoms with Crippen LogP contribution in [-0.4, -0.2) is 48.1 Å². The third kappa shape index (κ3) is 2.97. The standard InChI is InChI=1S/C13H20N4S/c1-16-7-3-4-11(9-16)17(2)10-5-6-12(13(14)18)15-8-10/h5-6,8,11H,3-4,7,9H2,1-2H3,(H2,14,18). The lowest BCUT2D eigenvalue weighted by atomic mass is 10.0. The first-order valence-electron chi connectivity index (χ1n) is 6.25. The lowest BCUT2D eigenvalue weighted by Gasteiger charge is -2.37. The predicted molar refractivity (Wildman–Crippen MR) is 79.0 cm³/mol. The van der Waals surface area contributed by atoms with Crippen LogP contribution in [0.15, 0.2) is 18.3 Å². The number of likely N-dealkylation sites (tertiary alicyclic amines) is 1. The normalized spacial score (nSPS) is 20.7. The number of pyridine rings is 1. The number of piperidine rings is 1. The van der Waals surface area contributed by atoms with Crippen molar-refractivity contribution in [1.82, 2.24) is 9.88 Å². The lowest BCUT2D eigenvalue weighted by molar-refractivity contribution is 0.248. The quantitative estimate of drug-likeness (QED) is 0.832. The van der Waals surface area contributed by atoms with Crippen molar-refractivity contribution in [3.05, 3.63) is 24.0 Å². The molecule has 1 aromatic heterocycles. The first kappa shape index (κ1) is 13.2. The molecule has 1 unspecified atom stereocenters. The van der Waals surface area contributed by atoms with Crippen molar-refractivity contribution in [3.63, 3.8) is 0 Å². The summed E-state index contributed by atoms with van der Waals surface area (Å²) in [6.07, 6.45) is 4.34. The van der Waals surface area contributed by atoms with Gasteiger partial charge in [0.1, 0.15) is 4.99 Å². The Balaban J connectivity index is 2.08. The van der Waals surface area contributed by atoms with Crippen LogP contribution in [0.1, 0.15) is 18.5 Å². The van der Waals surface area contributed by atoms with Crippen molar-refractivity contribution in [1.29, 1.82) is 0 Å². The smallest absolute Gasteiger partial charge is 0.122 e. The van der Waals surface area contributed by atoms with Crippen molar-refractivity contribution in [2.75, 3.05) is 32.1 Å². The maximum Gasteiger partial charge on any atom is 0.122 e. The molecule has 0 bridgehead atoms. The van der Waals surface area contributed by atoms with Crippen LogP contribution in [0, 0.1) is 0 Å². The van der Waals surface area contributed by atoms with Crippen LogP contribution in [0.5, 0.6) is 0 Å². The first-order chi connectivity index (χ1) is 8.58. The van der Waals surface area contributed by atoms with Gasteiger partial charge in [0.15, 0.2) is 0 Å². The van der Waals surface area contributed by atoms with Crippen LogP contribution in [0.25, 0.3) is 0 Å². The number of hydrogen-bond acceptors (Lipinski definition) is 4. The highest BCUT2D eigenvalue weighted by molar-refractivity contribution is 7.80. The highest BCUT2D eigenvalue weighted by Crippen LogP contribution is 2.20. The molecule has 1 aromatic rings. The van der Waals surface area contributed by atoms with E-state index in [1.54, 1.807) is 0 Å². The molecule has 2 N–H and O–H groups in total. The number of thiocarbonyl (C=S) groups is 1. The maximum absolute atomic E-state index is 5.55. The van der Waals surface area contributed by atoms with Crippen molar-refractivity contribution in [2.45, 2.75) is 18.9 Å². The molecule has 0 saturated carbocycles. The van der Waals surface area contributed by atoms with E-state index in [0.717, 1.165) is 12.2 Å². The summed E-state index contributed by atoms with van der Waals surface area (Å²) in [5, 5.41) is 0. The molecule has 1 saturated heterocycles. The summed E-state index contributed by atoms with van der Waals surface area (Å²) in [5.74, 6) is 0. The van der Waals surface area contributed by atoms with E-state index in [1.807, 2.05) is 18.3 Å². The highest BCUT2D eigenvalue weighted by Gasteiger charge is 2.21. The molecule has 4 nitrogen and oxygen atoms in total. The third-order valence-corrected chi connectivity index (χ3v) is 3.76. The monoisotopic (exact) mass is 264 g/mol. The zero-order chi connectivity index (χ0) is 13.1. The van der Waals surface area contributed by atoms with Crippen molar-refractivity contribution in [3.8, 4) is 0 Å². The molecule has 0 aliphatic carbocycles. The molecule has 0 aromatic carbocycles. The van der Waals surface area contributed by atoms with Crippen LogP contribution in [0.2, 0.25) is 0 Å². The van der Waals surface area contributed by atoms with Crippen LogP contribution >= 0.6 is 12.2 Å². The van der Waals surface area contributed by atoms with E-state index in [1.165, 1.54) is 19.4 Å². The Morgan fingerprint density at radius 2 is 2.33 bits per heavy atom. The van der Waals surface area contributed by atoms with Gasteiger partial charge in [0.2, 0.25) is 0 Å². The van der Waals surface area contributed by atoms with Gasteiger partial charge in [0, 0.05) is 19.6 Å².